The molecule has 1 N–H and O–H groups in total. The van der Waals surface area contributed by atoms with Crippen molar-refractivity contribution in [1.82, 2.24) is 19.7 Å². The number of oxazole rings is 1. The highest BCUT2D eigenvalue weighted by Gasteiger charge is 2.14. The molecule has 0 saturated carbocycles. The summed E-state index contributed by atoms with van der Waals surface area (Å²) in [5, 5.41) is 7.90. The van der Waals surface area contributed by atoms with Gasteiger partial charge in [0.15, 0.2) is 11.4 Å². The number of hydrogen-bond donors (Lipinski definition) is 1. The molecule has 0 aliphatic heterocycles. The summed E-state index contributed by atoms with van der Waals surface area (Å²) in [6.45, 7) is 0.536. The fourth-order valence-corrected chi connectivity index (χ4v) is 4.12. The second kappa shape index (κ2) is 9.07. The van der Waals surface area contributed by atoms with Gasteiger partial charge in [0.25, 0.3) is 11.1 Å². The Morgan fingerprint density at radius 2 is 1.84 bits per heavy atom. The summed E-state index contributed by atoms with van der Waals surface area (Å²) >= 11 is 1.46. The second-order valence-corrected chi connectivity index (χ2v) is 7.99. The average molecular weight is 442 g/mol. The molecule has 0 saturated heterocycles. The Hall–Kier alpha value is -3.91. The lowest BCUT2D eigenvalue weighted by Crippen LogP contribution is -2.15. The van der Waals surface area contributed by atoms with Crippen LogP contribution in [0.3, 0.4) is 0 Å². The van der Waals surface area contributed by atoms with Crippen LogP contribution in [0.2, 0.25) is 0 Å². The van der Waals surface area contributed by atoms with E-state index in [9.17, 15) is 4.79 Å². The number of pyridine rings is 1. The minimum atomic E-state index is -0.207. The van der Waals surface area contributed by atoms with Crippen LogP contribution >= 0.6 is 11.8 Å². The van der Waals surface area contributed by atoms with Gasteiger partial charge in [-0.15, -0.1) is 0 Å². The number of anilines is 1. The maximum atomic E-state index is 12.9. The number of thioether (sulfide) groups is 1. The predicted octanol–water partition coefficient (Wildman–Crippen LogP) is 5.01. The van der Waals surface area contributed by atoms with E-state index in [4.69, 9.17) is 4.42 Å². The Balaban J connectivity index is 1.26. The number of nitrogens with zero attached hydrogens (tertiary/aromatic N) is 4. The number of benzene rings is 2. The minimum absolute atomic E-state index is 0.207. The van der Waals surface area contributed by atoms with Gasteiger partial charge in [-0.05, 0) is 35.9 Å². The molecule has 7 nitrogen and oxygen atoms in total. The van der Waals surface area contributed by atoms with E-state index in [1.807, 2.05) is 72.9 Å². The lowest BCUT2D eigenvalue weighted by atomic mass is 10.1. The van der Waals surface area contributed by atoms with Crippen molar-refractivity contribution in [3.63, 3.8) is 0 Å². The van der Waals surface area contributed by atoms with Crippen LogP contribution in [-0.4, -0.2) is 25.7 Å². The molecule has 0 aliphatic carbocycles. The first-order chi connectivity index (χ1) is 15.7. The molecule has 0 atom stereocenters. The summed E-state index contributed by atoms with van der Waals surface area (Å²) < 4.78 is 7.51. The normalized spacial score (nSPS) is 11.0. The number of nitrogens with one attached hydrogen (secondary N) is 1. The van der Waals surface area contributed by atoms with Crippen LogP contribution in [0.4, 0.5) is 5.82 Å². The molecule has 0 spiro atoms. The Bertz CT molecular complexity index is 1330. The molecule has 0 unspecified atom stereocenters. The van der Waals surface area contributed by atoms with E-state index in [-0.39, 0.29) is 5.91 Å². The molecular formula is C24H19N5O2S. The average Bonchev–Trinajstić information content (AvgIpc) is 3.44. The largest absolute Gasteiger partial charge is 0.431 e. The molecule has 8 heteroatoms. The minimum Gasteiger partial charge on any atom is -0.431 e. The molecule has 0 aliphatic rings. The zero-order chi connectivity index (χ0) is 21.8. The summed E-state index contributed by atoms with van der Waals surface area (Å²) in [7, 11) is 0. The van der Waals surface area contributed by atoms with Crippen LogP contribution in [0.15, 0.2) is 94.8 Å². The third kappa shape index (κ3) is 4.55. The monoisotopic (exact) mass is 441 g/mol. The van der Waals surface area contributed by atoms with Crippen molar-refractivity contribution >= 4 is 34.6 Å². The number of carbonyl (C=O) groups excluding carboxylic acids is 1. The van der Waals surface area contributed by atoms with Crippen LogP contribution in [0.25, 0.3) is 11.1 Å². The van der Waals surface area contributed by atoms with Crippen LogP contribution in [0.1, 0.15) is 21.6 Å². The number of rotatable bonds is 7. The number of fused-ring (bicyclic) bond motifs is 1. The Labute approximate surface area is 188 Å². The summed E-state index contributed by atoms with van der Waals surface area (Å²) in [6, 6.07) is 22.7. The van der Waals surface area contributed by atoms with Gasteiger partial charge in [-0.2, -0.15) is 5.10 Å². The van der Waals surface area contributed by atoms with Crippen LogP contribution < -0.4 is 5.32 Å². The maximum absolute atomic E-state index is 12.9. The summed E-state index contributed by atoms with van der Waals surface area (Å²) in [5.74, 6) is 0.846. The topological polar surface area (TPSA) is 85.8 Å². The standard InChI is InChI=1S/C24H19N5O2S/c30-23(27-22-12-14-29(28-22)15-18-8-5-6-13-25-18)19-9-2-1-7-17(19)16-32-24-26-20-10-3-4-11-21(20)31-24/h1-14H,15-16H2,(H,27,28,30). The van der Waals surface area contributed by atoms with Gasteiger partial charge in [-0.3, -0.25) is 14.5 Å². The lowest BCUT2D eigenvalue weighted by molar-refractivity contribution is 0.102. The summed E-state index contributed by atoms with van der Waals surface area (Å²) in [5.41, 5.74) is 3.96. The SMILES string of the molecule is O=C(Nc1ccn(Cc2ccccn2)n1)c1ccccc1CSc1nc2ccccc2o1. The molecule has 0 fully saturated rings. The third-order valence-corrected chi connectivity index (χ3v) is 5.70. The molecule has 2 aromatic carbocycles. The third-order valence-electron chi connectivity index (χ3n) is 4.82. The van der Waals surface area contributed by atoms with Crippen LogP contribution in [0, 0.1) is 0 Å². The van der Waals surface area contributed by atoms with Gasteiger partial charge in [-0.1, -0.05) is 48.2 Å². The molecule has 0 radical (unpaired) electrons. The molecule has 5 rings (SSSR count). The molecular weight excluding hydrogens is 422 g/mol. The summed E-state index contributed by atoms with van der Waals surface area (Å²) in [4.78, 5) is 21.7. The zero-order valence-corrected chi connectivity index (χ0v) is 17.8. The van der Waals surface area contributed by atoms with Gasteiger partial charge in [0.2, 0.25) is 0 Å². The van der Waals surface area contributed by atoms with Gasteiger partial charge < -0.3 is 9.73 Å². The fourth-order valence-electron chi connectivity index (χ4n) is 3.28. The first-order valence-electron chi connectivity index (χ1n) is 10.1. The Morgan fingerprint density at radius 1 is 1.00 bits per heavy atom. The number of amides is 1. The van der Waals surface area contributed by atoms with E-state index in [0.29, 0.717) is 28.9 Å². The van der Waals surface area contributed by atoms with Crippen molar-refractivity contribution in [3.8, 4) is 0 Å². The van der Waals surface area contributed by atoms with E-state index in [2.05, 4.69) is 20.4 Å². The Kier molecular flexibility index (Phi) is 5.67. The number of carbonyl (C=O) groups is 1. The van der Waals surface area contributed by atoms with E-state index in [1.165, 1.54) is 11.8 Å². The molecule has 32 heavy (non-hydrogen) atoms. The number of hydrogen-bond acceptors (Lipinski definition) is 6. The van der Waals surface area contributed by atoms with Gasteiger partial charge in [-0.25, -0.2) is 4.98 Å². The highest BCUT2D eigenvalue weighted by molar-refractivity contribution is 7.98. The van der Waals surface area contributed by atoms with Gasteiger partial charge in [0.1, 0.15) is 5.52 Å². The van der Waals surface area contributed by atoms with Crippen molar-refractivity contribution in [2.24, 2.45) is 0 Å². The molecule has 0 bridgehead atoms. The van der Waals surface area contributed by atoms with Gasteiger partial charge in [0, 0.05) is 29.8 Å². The molecule has 3 heterocycles. The first kappa shape index (κ1) is 20.0. The van der Waals surface area contributed by atoms with E-state index in [0.717, 1.165) is 22.4 Å². The van der Waals surface area contributed by atoms with Crippen molar-refractivity contribution < 1.29 is 9.21 Å². The lowest BCUT2D eigenvalue weighted by Gasteiger charge is -2.08. The van der Waals surface area contributed by atoms with Crippen molar-refractivity contribution in [2.45, 2.75) is 17.5 Å². The van der Waals surface area contributed by atoms with E-state index < -0.39 is 0 Å². The molecule has 3 aromatic heterocycles. The zero-order valence-electron chi connectivity index (χ0n) is 17.0. The number of aromatic nitrogens is 4. The summed E-state index contributed by atoms with van der Waals surface area (Å²) in [6.07, 6.45) is 3.57. The van der Waals surface area contributed by atoms with E-state index >= 15 is 0 Å². The van der Waals surface area contributed by atoms with Crippen molar-refractivity contribution in [2.75, 3.05) is 5.32 Å². The quantitative estimate of drug-likeness (QED) is 0.357. The van der Waals surface area contributed by atoms with Gasteiger partial charge in [0.05, 0.1) is 12.2 Å². The van der Waals surface area contributed by atoms with Crippen molar-refractivity contribution in [1.29, 1.82) is 0 Å². The fraction of sp³-hybridized carbons (Fsp3) is 0.0833. The molecule has 1 amide bonds. The first-order valence-corrected chi connectivity index (χ1v) is 11.0. The van der Waals surface area contributed by atoms with Crippen LogP contribution in [0.5, 0.6) is 0 Å². The van der Waals surface area contributed by atoms with Crippen LogP contribution in [-0.2, 0) is 12.3 Å². The van der Waals surface area contributed by atoms with Gasteiger partial charge >= 0.3 is 0 Å². The second-order valence-electron chi connectivity index (χ2n) is 7.07. The molecule has 5 aromatic rings. The molecule has 158 valence electrons. The highest BCUT2D eigenvalue weighted by atomic mass is 32.2. The highest BCUT2D eigenvalue weighted by Crippen LogP contribution is 2.27. The maximum Gasteiger partial charge on any atom is 0.257 e. The smallest absolute Gasteiger partial charge is 0.257 e. The number of para-hydroxylation sites is 2. The predicted molar refractivity (Wildman–Crippen MR) is 124 cm³/mol. The van der Waals surface area contributed by atoms with Crippen molar-refractivity contribution in [3.05, 3.63) is 102 Å². The van der Waals surface area contributed by atoms with E-state index in [1.54, 1.807) is 16.9 Å². The Morgan fingerprint density at radius 3 is 2.72 bits per heavy atom.